The van der Waals surface area contributed by atoms with E-state index in [-0.39, 0.29) is 11.7 Å². The molecule has 1 aromatic carbocycles. The molecule has 3 aromatic rings. The van der Waals surface area contributed by atoms with Crippen molar-refractivity contribution in [1.29, 1.82) is 0 Å². The molecule has 160 valence electrons. The number of hydrogen-bond acceptors (Lipinski definition) is 6. The second-order valence-corrected chi connectivity index (χ2v) is 8.70. The van der Waals surface area contributed by atoms with Crippen LogP contribution in [-0.2, 0) is 24.1 Å². The van der Waals surface area contributed by atoms with E-state index in [0.717, 1.165) is 40.6 Å². The van der Waals surface area contributed by atoms with Gasteiger partial charge in [0.1, 0.15) is 17.5 Å². The molecule has 0 bridgehead atoms. The van der Waals surface area contributed by atoms with Crippen molar-refractivity contribution in [2.45, 2.75) is 19.4 Å². The molecule has 2 aromatic heterocycles. The van der Waals surface area contributed by atoms with Crippen LogP contribution < -0.4 is 4.90 Å². The van der Waals surface area contributed by atoms with Crippen LogP contribution in [0.3, 0.4) is 0 Å². The van der Waals surface area contributed by atoms with E-state index in [0.29, 0.717) is 45.0 Å². The van der Waals surface area contributed by atoms with Gasteiger partial charge in [-0.25, -0.2) is 14.4 Å². The topological polar surface area (TPSA) is 58.6 Å². The highest BCUT2D eigenvalue weighted by Crippen LogP contribution is 2.29. The molecule has 0 N–H and O–H groups in total. The van der Waals surface area contributed by atoms with Crippen LogP contribution in [0.5, 0.6) is 0 Å². The number of morpholine rings is 1. The van der Waals surface area contributed by atoms with Gasteiger partial charge in [0.15, 0.2) is 0 Å². The molecule has 0 radical (unpaired) electrons. The van der Waals surface area contributed by atoms with Crippen LogP contribution in [0.2, 0.25) is 0 Å². The number of benzene rings is 1. The number of aromatic nitrogens is 2. The van der Waals surface area contributed by atoms with Crippen molar-refractivity contribution in [2.75, 3.05) is 37.7 Å². The Kier molecular flexibility index (Phi) is 5.65. The standard InChI is InChI=1S/C23H23FN4O2S/c24-17-4-1-3-16(13-17)14-21-25-19-6-7-28(23(29)20-5-2-12-31-20)15-18(19)22(26-21)27-8-10-30-11-9-27/h1-5,12-13H,6-11,14-15H2. The molecule has 2 aliphatic heterocycles. The minimum atomic E-state index is -0.258. The Hall–Kier alpha value is -2.84. The van der Waals surface area contributed by atoms with E-state index in [1.807, 2.05) is 28.5 Å². The zero-order valence-electron chi connectivity index (χ0n) is 17.1. The maximum atomic E-state index is 13.6. The summed E-state index contributed by atoms with van der Waals surface area (Å²) in [6.07, 6.45) is 1.16. The van der Waals surface area contributed by atoms with Crippen LogP contribution in [0, 0.1) is 5.82 Å². The molecule has 8 heteroatoms. The average molecular weight is 439 g/mol. The van der Waals surface area contributed by atoms with Gasteiger partial charge in [-0.3, -0.25) is 4.79 Å². The number of ether oxygens (including phenoxy) is 1. The molecule has 1 fully saturated rings. The second kappa shape index (κ2) is 8.72. The lowest BCUT2D eigenvalue weighted by atomic mass is 10.0. The van der Waals surface area contributed by atoms with Crippen molar-refractivity contribution in [3.63, 3.8) is 0 Å². The van der Waals surface area contributed by atoms with Crippen LogP contribution in [0.25, 0.3) is 0 Å². The molecule has 0 unspecified atom stereocenters. The highest BCUT2D eigenvalue weighted by Gasteiger charge is 2.29. The van der Waals surface area contributed by atoms with Gasteiger partial charge >= 0.3 is 0 Å². The predicted molar refractivity (Wildman–Crippen MR) is 117 cm³/mol. The summed E-state index contributed by atoms with van der Waals surface area (Å²) in [5, 5.41) is 1.92. The van der Waals surface area contributed by atoms with Gasteiger partial charge in [0.05, 0.1) is 30.3 Å². The van der Waals surface area contributed by atoms with E-state index >= 15 is 0 Å². The van der Waals surface area contributed by atoms with E-state index < -0.39 is 0 Å². The molecule has 0 spiro atoms. The Labute approximate surface area is 184 Å². The van der Waals surface area contributed by atoms with E-state index in [1.165, 1.54) is 23.5 Å². The van der Waals surface area contributed by atoms with Gasteiger partial charge in [-0.2, -0.15) is 0 Å². The first-order valence-electron chi connectivity index (χ1n) is 10.5. The Morgan fingerprint density at radius 1 is 1.13 bits per heavy atom. The van der Waals surface area contributed by atoms with Crippen molar-refractivity contribution in [1.82, 2.24) is 14.9 Å². The Balaban J connectivity index is 1.48. The van der Waals surface area contributed by atoms with Gasteiger partial charge in [0.2, 0.25) is 0 Å². The largest absolute Gasteiger partial charge is 0.378 e. The molecule has 1 amide bonds. The summed E-state index contributed by atoms with van der Waals surface area (Å²) in [6, 6.07) is 10.3. The van der Waals surface area contributed by atoms with Crippen molar-refractivity contribution in [3.8, 4) is 0 Å². The van der Waals surface area contributed by atoms with Crippen molar-refractivity contribution in [2.24, 2.45) is 0 Å². The number of hydrogen-bond donors (Lipinski definition) is 0. The highest BCUT2D eigenvalue weighted by molar-refractivity contribution is 7.12. The zero-order valence-corrected chi connectivity index (χ0v) is 17.9. The van der Waals surface area contributed by atoms with E-state index in [1.54, 1.807) is 6.07 Å². The minimum absolute atomic E-state index is 0.0532. The molecule has 2 aliphatic rings. The van der Waals surface area contributed by atoms with Gasteiger partial charge in [-0.05, 0) is 29.1 Å². The fourth-order valence-electron chi connectivity index (χ4n) is 4.12. The summed E-state index contributed by atoms with van der Waals surface area (Å²) in [5.41, 5.74) is 2.84. The van der Waals surface area contributed by atoms with Gasteiger partial charge in [-0.1, -0.05) is 18.2 Å². The quantitative estimate of drug-likeness (QED) is 0.626. The van der Waals surface area contributed by atoms with Gasteiger partial charge in [0, 0.05) is 38.0 Å². The molecule has 0 atom stereocenters. The third kappa shape index (κ3) is 4.31. The van der Waals surface area contributed by atoms with Crippen LogP contribution in [0.4, 0.5) is 10.2 Å². The lowest BCUT2D eigenvalue weighted by Crippen LogP contribution is -2.41. The molecule has 5 rings (SSSR count). The fraction of sp³-hybridized carbons (Fsp3) is 0.348. The van der Waals surface area contributed by atoms with Crippen LogP contribution in [0.1, 0.15) is 32.3 Å². The summed E-state index contributed by atoms with van der Waals surface area (Å²) < 4.78 is 19.2. The summed E-state index contributed by atoms with van der Waals surface area (Å²) in [7, 11) is 0. The van der Waals surface area contributed by atoms with Gasteiger partial charge in [0.25, 0.3) is 5.91 Å². The number of nitrogens with zero attached hydrogens (tertiary/aromatic N) is 4. The molecular formula is C23H23FN4O2S. The van der Waals surface area contributed by atoms with Crippen molar-refractivity contribution in [3.05, 3.63) is 75.1 Å². The smallest absolute Gasteiger partial charge is 0.264 e. The number of anilines is 1. The number of rotatable bonds is 4. The Morgan fingerprint density at radius 3 is 2.77 bits per heavy atom. The Morgan fingerprint density at radius 2 is 2.00 bits per heavy atom. The number of thiophene rings is 1. The lowest BCUT2D eigenvalue weighted by molar-refractivity contribution is 0.0737. The molecule has 1 saturated heterocycles. The number of amides is 1. The number of halogens is 1. The van der Waals surface area contributed by atoms with Gasteiger partial charge in [-0.15, -0.1) is 11.3 Å². The maximum Gasteiger partial charge on any atom is 0.264 e. The molecule has 4 heterocycles. The van der Waals surface area contributed by atoms with Crippen LogP contribution in [0.15, 0.2) is 41.8 Å². The number of carbonyl (C=O) groups is 1. The van der Waals surface area contributed by atoms with Crippen LogP contribution in [-0.4, -0.2) is 53.6 Å². The first-order valence-corrected chi connectivity index (χ1v) is 11.3. The molecular weight excluding hydrogens is 415 g/mol. The molecule has 0 aliphatic carbocycles. The Bertz CT molecular complexity index is 1080. The normalized spacial score (nSPS) is 16.3. The number of fused-ring (bicyclic) bond motifs is 1. The van der Waals surface area contributed by atoms with E-state index in [4.69, 9.17) is 14.7 Å². The third-order valence-electron chi connectivity index (χ3n) is 5.67. The maximum absolute atomic E-state index is 13.6. The SMILES string of the molecule is O=C(c1cccs1)N1CCc2nc(Cc3cccc(F)c3)nc(N3CCOCC3)c2C1. The molecule has 0 saturated carbocycles. The van der Waals surface area contributed by atoms with Crippen LogP contribution >= 0.6 is 11.3 Å². The second-order valence-electron chi connectivity index (χ2n) is 7.75. The van der Waals surface area contributed by atoms with Gasteiger partial charge < -0.3 is 14.5 Å². The van der Waals surface area contributed by atoms with E-state index in [9.17, 15) is 9.18 Å². The lowest BCUT2D eigenvalue weighted by Gasteiger charge is -2.34. The zero-order chi connectivity index (χ0) is 21.2. The van der Waals surface area contributed by atoms with Crippen molar-refractivity contribution < 1.29 is 13.9 Å². The summed E-state index contributed by atoms with van der Waals surface area (Å²) in [6.45, 7) is 3.93. The van der Waals surface area contributed by atoms with Crippen molar-refractivity contribution >= 4 is 23.1 Å². The average Bonchev–Trinajstić information content (AvgIpc) is 3.33. The summed E-state index contributed by atoms with van der Waals surface area (Å²) in [4.78, 5) is 27.5. The minimum Gasteiger partial charge on any atom is -0.378 e. The predicted octanol–water partition coefficient (Wildman–Crippen LogP) is 3.30. The molecule has 6 nitrogen and oxygen atoms in total. The monoisotopic (exact) mass is 438 g/mol. The summed E-state index contributed by atoms with van der Waals surface area (Å²) in [5.74, 6) is 1.36. The third-order valence-corrected chi connectivity index (χ3v) is 6.52. The fourth-order valence-corrected chi connectivity index (χ4v) is 4.81. The number of carbonyl (C=O) groups excluding carboxylic acids is 1. The highest BCUT2D eigenvalue weighted by atomic mass is 32.1. The summed E-state index contributed by atoms with van der Waals surface area (Å²) >= 11 is 1.46. The molecule has 31 heavy (non-hydrogen) atoms. The first-order chi connectivity index (χ1) is 15.2. The first kappa shape index (κ1) is 20.1. The van der Waals surface area contributed by atoms with E-state index in [2.05, 4.69) is 4.90 Å².